The van der Waals surface area contributed by atoms with Crippen LogP contribution in [0.1, 0.15) is 36.6 Å². The van der Waals surface area contributed by atoms with E-state index < -0.39 is 0 Å². The quantitative estimate of drug-likeness (QED) is 0.848. The van der Waals surface area contributed by atoms with E-state index in [1.807, 2.05) is 0 Å². The van der Waals surface area contributed by atoms with Crippen molar-refractivity contribution in [3.63, 3.8) is 0 Å². The van der Waals surface area contributed by atoms with Crippen LogP contribution in [0, 0.1) is 0 Å². The maximum Gasteiger partial charge on any atom is 0.181 e. The number of aromatic amines is 1. The fourth-order valence-corrected chi connectivity index (χ4v) is 2.56. The number of nitrogens with one attached hydrogen (secondary N) is 2. The van der Waals surface area contributed by atoms with E-state index >= 15 is 0 Å². The molecule has 1 aromatic heterocycles. The van der Waals surface area contributed by atoms with Crippen LogP contribution in [-0.2, 0) is 6.42 Å². The Balaban J connectivity index is 1.70. The number of H-pyrrole nitrogens is 1. The average Bonchev–Trinajstić information content (AvgIpc) is 3.16. The third-order valence-corrected chi connectivity index (χ3v) is 3.77. The predicted molar refractivity (Wildman–Crippen MR) is 70.6 cm³/mol. The summed E-state index contributed by atoms with van der Waals surface area (Å²) < 4.78 is 0. The molecule has 0 bridgehead atoms. The van der Waals surface area contributed by atoms with Crippen molar-refractivity contribution in [2.75, 3.05) is 11.9 Å². The molecule has 2 aromatic rings. The van der Waals surface area contributed by atoms with E-state index in [1.54, 1.807) is 0 Å². The van der Waals surface area contributed by atoms with Crippen LogP contribution in [0.4, 0.5) is 5.69 Å². The smallest absolute Gasteiger partial charge is 0.181 e. The summed E-state index contributed by atoms with van der Waals surface area (Å²) in [5.41, 5.74) is 3.78. The van der Waals surface area contributed by atoms with E-state index in [0.29, 0.717) is 5.92 Å². The van der Waals surface area contributed by atoms with Gasteiger partial charge < -0.3 is 5.32 Å². The lowest BCUT2D eigenvalue weighted by atomic mass is 10.0. The molecule has 1 aliphatic heterocycles. The number of fused-ring (bicyclic) bond motifs is 1. The molecule has 1 aromatic carbocycles. The van der Waals surface area contributed by atoms with Gasteiger partial charge in [-0.05, 0) is 49.4 Å². The maximum absolute atomic E-state index is 4.60. The molecule has 0 atom stereocenters. The second kappa shape index (κ2) is 3.83. The van der Waals surface area contributed by atoms with Gasteiger partial charge in [0.2, 0.25) is 0 Å². The Kier molecular flexibility index (Phi) is 2.15. The Morgan fingerprint density at radius 3 is 3.06 bits per heavy atom. The number of benzene rings is 1. The zero-order valence-corrected chi connectivity index (χ0v) is 10.2. The Labute approximate surface area is 106 Å². The molecule has 2 heterocycles. The van der Waals surface area contributed by atoms with Crippen molar-refractivity contribution in [3.8, 4) is 11.4 Å². The summed E-state index contributed by atoms with van der Waals surface area (Å²) in [6.07, 6.45) is 4.86. The van der Waals surface area contributed by atoms with Gasteiger partial charge in [-0.1, -0.05) is 0 Å². The molecule has 1 saturated carbocycles. The van der Waals surface area contributed by atoms with Crippen molar-refractivity contribution in [1.82, 2.24) is 15.2 Å². The van der Waals surface area contributed by atoms with Gasteiger partial charge in [-0.15, -0.1) is 0 Å². The minimum absolute atomic E-state index is 0.630. The second-order valence-corrected chi connectivity index (χ2v) is 5.22. The summed E-state index contributed by atoms with van der Waals surface area (Å²) in [6.45, 7) is 1.08. The van der Waals surface area contributed by atoms with Crippen molar-refractivity contribution >= 4 is 5.69 Å². The highest BCUT2D eigenvalue weighted by Gasteiger charge is 2.27. The normalized spacial score (nSPS) is 18.2. The minimum Gasteiger partial charge on any atom is -0.385 e. The Morgan fingerprint density at radius 2 is 2.17 bits per heavy atom. The lowest BCUT2D eigenvalue weighted by Crippen LogP contribution is -2.11. The molecule has 4 heteroatoms. The number of nitrogens with zero attached hydrogens (tertiary/aromatic N) is 2. The minimum atomic E-state index is 0.630. The highest BCUT2D eigenvalue weighted by molar-refractivity contribution is 5.64. The molecule has 0 saturated heterocycles. The summed E-state index contributed by atoms with van der Waals surface area (Å²) in [5, 5.41) is 10.8. The van der Waals surface area contributed by atoms with Crippen molar-refractivity contribution in [2.24, 2.45) is 0 Å². The van der Waals surface area contributed by atoms with Gasteiger partial charge in [0.25, 0.3) is 0 Å². The van der Waals surface area contributed by atoms with Gasteiger partial charge >= 0.3 is 0 Å². The van der Waals surface area contributed by atoms with E-state index in [0.717, 1.165) is 30.2 Å². The molecule has 4 rings (SSSR count). The molecule has 0 spiro atoms. The molecule has 1 fully saturated rings. The summed E-state index contributed by atoms with van der Waals surface area (Å²) >= 11 is 0. The first kappa shape index (κ1) is 10.1. The fraction of sp³-hybridized carbons (Fsp3) is 0.429. The van der Waals surface area contributed by atoms with Crippen LogP contribution in [-0.4, -0.2) is 21.7 Å². The highest BCUT2D eigenvalue weighted by atomic mass is 15.2. The molecule has 92 valence electrons. The van der Waals surface area contributed by atoms with Crippen molar-refractivity contribution in [1.29, 1.82) is 0 Å². The standard InChI is InChI=1S/C14H16N4/c1-2-10-8-11(5-6-12(10)15-7-1)14-16-13(17-18-14)9-3-4-9/h5-6,8-9,15H,1-4,7H2,(H,16,17,18). The Bertz CT molecular complexity index is 583. The zero-order valence-electron chi connectivity index (χ0n) is 10.2. The number of rotatable bonds is 2. The molecule has 0 unspecified atom stereocenters. The number of anilines is 1. The largest absolute Gasteiger partial charge is 0.385 e. The van der Waals surface area contributed by atoms with Crippen LogP contribution in [0.25, 0.3) is 11.4 Å². The van der Waals surface area contributed by atoms with Crippen molar-refractivity contribution in [3.05, 3.63) is 29.6 Å². The highest BCUT2D eigenvalue weighted by Crippen LogP contribution is 2.38. The third-order valence-electron chi connectivity index (χ3n) is 3.77. The van der Waals surface area contributed by atoms with Gasteiger partial charge in [0.1, 0.15) is 5.82 Å². The Morgan fingerprint density at radius 1 is 1.22 bits per heavy atom. The van der Waals surface area contributed by atoms with Gasteiger partial charge in [-0.25, -0.2) is 4.98 Å². The second-order valence-electron chi connectivity index (χ2n) is 5.22. The van der Waals surface area contributed by atoms with Gasteiger partial charge in [0.05, 0.1) is 0 Å². The summed E-state index contributed by atoms with van der Waals surface area (Å²) in [7, 11) is 0. The van der Waals surface area contributed by atoms with Gasteiger partial charge in [0.15, 0.2) is 5.82 Å². The van der Waals surface area contributed by atoms with Crippen LogP contribution in [0.3, 0.4) is 0 Å². The molecule has 0 amide bonds. The van der Waals surface area contributed by atoms with E-state index in [4.69, 9.17) is 0 Å². The molecule has 0 radical (unpaired) electrons. The molecular formula is C14H16N4. The molecule has 18 heavy (non-hydrogen) atoms. The number of hydrogen-bond acceptors (Lipinski definition) is 3. The van der Waals surface area contributed by atoms with Crippen LogP contribution in [0.15, 0.2) is 18.2 Å². The summed E-state index contributed by atoms with van der Waals surface area (Å²) in [5.74, 6) is 2.52. The average molecular weight is 240 g/mol. The first-order valence-electron chi connectivity index (χ1n) is 6.69. The van der Waals surface area contributed by atoms with Gasteiger partial charge in [-0.2, -0.15) is 5.10 Å². The van der Waals surface area contributed by atoms with E-state index in [-0.39, 0.29) is 0 Å². The van der Waals surface area contributed by atoms with E-state index in [1.165, 1.54) is 30.5 Å². The fourth-order valence-electron chi connectivity index (χ4n) is 2.56. The summed E-state index contributed by atoms with van der Waals surface area (Å²) in [4.78, 5) is 4.60. The van der Waals surface area contributed by atoms with Gasteiger partial charge in [-0.3, -0.25) is 5.10 Å². The molecule has 2 N–H and O–H groups in total. The molecule has 2 aliphatic rings. The summed E-state index contributed by atoms with van der Waals surface area (Å²) in [6, 6.07) is 6.48. The van der Waals surface area contributed by atoms with Crippen LogP contribution < -0.4 is 5.32 Å². The van der Waals surface area contributed by atoms with Gasteiger partial charge in [0, 0.05) is 23.7 Å². The Hall–Kier alpha value is -1.84. The topological polar surface area (TPSA) is 53.6 Å². The number of aromatic nitrogens is 3. The van der Waals surface area contributed by atoms with E-state index in [2.05, 4.69) is 38.7 Å². The lowest BCUT2D eigenvalue weighted by molar-refractivity contribution is 0.830. The molecule has 4 nitrogen and oxygen atoms in total. The number of hydrogen-bond donors (Lipinski definition) is 2. The lowest BCUT2D eigenvalue weighted by Gasteiger charge is -2.18. The zero-order chi connectivity index (χ0) is 11.9. The van der Waals surface area contributed by atoms with Crippen LogP contribution in [0.5, 0.6) is 0 Å². The SMILES string of the molecule is c1cc2c(cc1-c1n[nH]c(C3CC3)n1)CCCN2. The van der Waals surface area contributed by atoms with Crippen LogP contribution >= 0.6 is 0 Å². The van der Waals surface area contributed by atoms with Crippen molar-refractivity contribution < 1.29 is 0 Å². The van der Waals surface area contributed by atoms with E-state index in [9.17, 15) is 0 Å². The maximum atomic E-state index is 4.60. The van der Waals surface area contributed by atoms with Crippen molar-refractivity contribution in [2.45, 2.75) is 31.6 Å². The first-order valence-corrected chi connectivity index (χ1v) is 6.69. The third kappa shape index (κ3) is 1.68. The predicted octanol–water partition coefficient (Wildman–Crippen LogP) is 2.71. The first-order chi connectivity index (χ1) is 8.90. The molecular weight excluding hydrogens is 224 g/mol. The monoisotopic (exact) mass is 240 g/mol. The van der Waals surface area contributed by atoms with Crippen LogP contribution in [0.2, 0.25) is 0 Å². The number of aryl methyl sites for hydroxylation is 1. The molecule has 1 aliphatic carbocycles.